The number of carbonyl (C=O) groups excluding carboxylic acids is 2. The second-order valence-electron chi connectivity index (χ2n) is 5.77. The molecule has 2 aromatic carbocycles. The van der Waals surface area contributed by atoms with Crippen LogP contribution in [0.25, 0.3) is 0 Å². The Morgan fingerprint density at radius 3 is 2.65 bits per heavy atom. The maximum Gasteiger partial charge on any atom is 0.228 e. The summed E-state index contributed by atoms with van der Waals surface area (Å²) < 4.78 is 0. The second-order valence-corrected chi connectivity index (χ2v) is 5.77. The van der Waals surface area contributed by atoms with E-state index in [2.05, 4.69) is 22.8 Å². The Balaban J connectivity index is 1.55. The van der Waals surface area contributed by atoms with Gasteiger partial charge in [0.2, 0.25) is 11.8 Å². The predicted molar refractivity (Wildman–Crippen MR) is 90.2 cm³/mol. The zero-order chi connectivity index (χ0) is 16.1. The number of benzene rings is 2. The molecule has 2 aromatic rings. The van der Waals surface area contributed by atoms with E-state index in [0.29, 0.717) is 6.54 Å². The van der Waals surface area contributed by atoms with Gasteiger partial charge >= 0.3 is 0 Å². The Bertz CT molecular complexity index is 698. The summed E-state index contributed by atoms with van der Waals surface area (Å²) >= 11 is 0. The number of anilines is 1. The highest BCUT2D eigenvalue weighted by Crippen LogP contribution is 2.31. The van der Waals surface area contributed by atoms with Gasteiger partial charge in [0.25, 0.3) is 0 Å². The van der Waals surface area contributed by atoms with Crippen molar-refractivity contribution in [3.8, 4) is 0 Å². The first-order valence-corrected chi connectivity index (χ1v) is 7.94. The Morgan fingerprint density at radius 1 is 1.09 bits per heavy atom. The van der Waals surface area contributed by atoms with Crippen molar-refractivity contribution in [3.05, 3.63) is 65.7 Å². The summed E-state index contributed by atoms with van der Waals surface area (Å²) in [5.74, 6) is -0.565. The molecule has 0 aromatic heterocycles. The van der Waals surface area contributed by atoms with Crippen molar-refractivity contribution in [2.45, 2.75) is 25.2 Å². The first kappa shape index (κ1) is 15.3. The van der Waals surface area contributed by atoms with E-state index in [-0.39, 0.29) is 18.2 Å². The van der Waals surface area contributed by atoms with Gasteiger partial charge in [0, 0.05) is 18.7 Å². The molecule has 3 rings (SSSR count). The summed E-state index contributed by atoms with van der Waals surface area (Å²) in [6.45, 7) is 0.619. The molecule has 1 unspecified atom stereocenters. The lowest BCUT2D eigenvalue weighted by Crippen LogP contribution is -2.35. The zero-order valence-corrected chi connectivity index (χ0v) is 12.9. The van der Waals surface area contributed by atoms with Gasteiger partial charge in [-0.2, -0.15) is 0 Å². The van der Waals surface area contributed by atoms with Crippen LogP contribution in [0, 0.1) is 0 Å². The van der Waals surface area contributed by atoms with Gasteiger partial charge in [-0.3, -0.25) is 9.59 Å². The number of carbonyl (C=O) groups is 2. The third-order valence-electron chi connectivity index (χ3n) is 4.10. The third kappa shape index (κ3) is 3.77. The normalized spacial score (nSPS) is 16.3. The summed E-state index contributed by atoms with van der Waals surface area (Å²) in [7, 11) is 0. The molecule has 0 bridgehead atoms. The maximum absolute atomic E-state index is 12.4. The highest BCUT2D eigenvalue weighted by Gasteiger charge is 2.29. The average Bonchev–Trinajstić information content (AvgIpc) is 2.58. The molecule has 0 saturated carbocycles. The van der Waals surface area contributed by atoms with Gasteiger partial charge in [0.15, 0.2) is 0 Å². The van der Waals surface area contributed by atoms with E-state index in [1.165, 1.54) is 5.56 Å². The molecule has 4 nitrogen and oxygen atoms in total. The van der Waals surface area contributed by atoms with E-state index in [9.17, 15) is 9.59 Å². The molecule has 0 radical (unpaired) electrons. The fourth-order valence-electron chi connectivity index (χ4n) is 2.92. The molecule has 1 atom stereocenters. The van der Waals surface area contributed by atoms with E-state index in [0.717, 1.165) is 24.1 Å². The Hall–Kier alpha value is -2.62. The molecular weight excluding hydrogens is 288 g/mol. The fourth-order valence-corrected chi connectivity index (χ4v) is 2.92. The molecule has 1 aliphatic rings. The number of rotatable bonds is 5. The molecule has 1 aliphatic heterocycles. The van der Waals surface area contributed by atoms with Gasteiger partial charge < -0.3 is 10.6 Å². The van der Waals surface area contributed by atoms with E-state index >= 15 is 0 Å². The van der Waals surface area contributed by atoms with E-state index in [4.69, 9.17) is 0 Å². The Morgan fingerprint density at radius 2 is 1.83 bits per heavy atom. The largest absolute Gasteiger partial charge is 0.356 e. The zero-order valence-electron chi connectivity index (χ0n) is 12.9. The van der Waals surface area contributed by atoms with Crippen LogP contribution in [0.2, 0.25) is 0 Å². The number of amides is 2. The molecule has 118 valence electrons. The molecule has 2 N–H and O–H groups in total. The Kier molecular flexibility index (Phi) is 4.71. The highest BCUT2D eigenvalue weighted by molar-refractivity contribution is 6.01. The lowest BCUT2D eigenvalue weighted by atomic mass is 9.90. The van der Waals surface area contributed by atoms with Crippen molar-refractivity contribution in [2.24, 2.45) is 0 Å². The van der Waals surface area contributed by atoms with Crippen LogP contribution in [0.3, 0.4) is 0 Å². The predicted octanol–water partition coefficient (Wildman–Crippen LogP) is 2.86. The van der Waals surface area contributed by atoms with Crippen molar-refractivity contribution >= 4 is 17.5 Å². The number of nitrogens with one attached hydrogen (secondary N) is 2. The summed E-state index contributed by atoms with van der Waals surface area (Å²) in [6.07, 6.45) is 2.03. The average molecular weight is 308 g/mol. The van der Waals surface area contributed by atoms with Gasteiger partial charge in [-0.05, 0) is 30.0 Å². The van der Waals surface area contributed by atoms with Crippen LogP contribution in [0.1, 0.15) is 29.9 Å². The minimum atomic E-state index is -0.392. The molecule has 0 saturated heterocycles. The highest BCUT2D eigenvalue weighted by atomic mass is 16.2. The van der Waals surface area contributed by atoms with Gasteiger partial charge in [-0.15, -0.1) is 0 Å². The minimum Gasteiger partial charge on any atom is -0.356 e. The number of aryl methyl sites for hydroxylation is 1. The molecule has 2 amide bonds. The molecular formula is C19H20N2O2. The summed E-state index contributed by atoms with van der Waals surface area (Å²) in [5.41, 5.74) is 2.91. The van der Waals surface area contributed by atoms with E-state index < -0.39 is 5.92 Å². The molecule has 1 heterocycles. The van der Waals surface area contributed by atoms with Crippen LogP contribution in [-0.4, -0.2) is 18.4 Å². The number of hydrogen-bond acceptors (Lipinski definition) is 2. The second kappa shape index (κ2) is 7.09. The van der Waals surface area contributed by atoms with Crippen LogP contribution in [-0.2, 0) is 16.0 Å². The SMILES string of the molecule is O=C1CC(C(=O)NCCCc2ccccc2)c2ccccc2N1. The third-order valence-corrected chi connectivity index (χ3v) is 4.10. The molecule has 0 spiro atoms. The van der Waals surface area contributed by atoms with Crippen LogP contribution < -0.4 is 10.6 Å². The number of hydrogen-bond donors (Lipinski definition) is 2. The monoisotopic (exact) mass is 308 g/mol. The molecule has 0 fully saturated rings. The van der Waals surface area contributed by atoms with Gasteiger partial charge in [-0.1, -0.05) is 48.5 Å². The first-order chi connectivity index (χ1) is 11.2. The van der Waals surface area contributed by atoms with Crippen molar-refractivity contribution in [2.75, 3.05) is 11.9 Å². The first-order valence-electron chi connectivity index (χ1n) is 7.94. The summed E-state index contributed by atoms with van der Waals surface area (Å²) in [6, 6.07) is 17.7. The summed E-state index contributed by atoms with van der Waals surface area (Å²) in [4.78, 5) is 24.2. The fraction of sp³-hybridized carbons (Fsp3) is 0.263. The van der Waals surface area contributed by atoms with Crippen LogP contribution in [0.4, 0.5) is 5.69 Å². The summed E-state index contributed by atoms with van der Waals surface area (Å²) in [5, 5.41) is 5.78. The lowest BCUT2D eigenvalue weighted by molar-refractivity contribution is -0.126. The lowest BCUT2D eigenvalue weighted by Gasteiger charge is -2.24. The van der Waals surface area contributed by atoms with E-state index in [1.54, 1.807) is 0 Å². The maximum atomic E-state index is 12.4. The van der Waals surface area contributed by atoms with Crippen molar-refractivity contribution < 1.29 is 9.59 Å². The van der Waals surface area contributed by atoms with Gasteiger partial charge in [0.1, 0.15) is 0 Å². The standard InChI is InChI=1S/C19H20N2O2/c22-18-13-16(15-10-4-5-11-17(15)21-18)19(23)20-12-6-9-14-7-2-1-3-8-14/h1-5,7-8,10-11,16H,6,9,12-13H2,(H,20,23)(H,21,22). The van der Waals surface area contributed by atoms with Gasteiger partial charge in [-0.25, -0.2) is 0 Å². The Labute approximate surface area is 135 Å². The van der Waals surface area contributed by atoms with Crippen molar-refractivity contribution in [1.29, 1.82) is 0 Å². The molecule has 23 heavy (non-hydrogen) atoms. The quantitative estimate of drug-likeness (QED) is 0.835. The topological polar surface area (TPSA) is 58.2 Å². The minimum absolute atomic E-state index is 0.0691. The van der Waals surface area contributed by atoms with Gasteiger partial charge in [0.05, 0.1) is 5.92 Å². The van der Waals surface area contributed by atoms with Crippen molar-refractivity contribution in [1.82, 2.24) is 5.32 Å². The molecule has 4 heteroatoms. The number of para-hydroxylation sites is 1. The van der Waals surface area contributed by atoms with Crippen LogP contribution >= 0.6 is 0 Å². The van der Waals surface area contributed by atoms with Crippen LogP contribution in [0.15, 0.2) is 54.6 Å². The smallest absolute Gasteiger partial charge is 0.228 e. The number of fused-ring (bicyclic) bond motifs is 1. The van der Waals surface area contributed by atoms with Crippen molar-refractivity contribution in [3.63, 3.8) is 0 Å². The van der Waals surface area contributed by atoms with E-state index in [1.807, 2.05) is 42.5 Å². The van der Waals surface area contributed by atoms with Crippen LogP contribution in [0.5, 0.6) is 0 Å². The molecule has 0 aliphatic carbocycles.